The van der Waals surface area contributed by atoms with E-state index in [9.17, 15) is 19.5 Å². The first-order valence-electron chi connectivity index (χ1n) is 13.7. The van der Waals surface area contributed by atoms with E-state index in [0.717, 1.165) is 28.2 Å². The van der Waals surface area contributed by atoms with Gasteiger partial charge in [0.25, 0.3) is 11.5 Å². The van der Waals surface area contributed by atoms with Crippen molar-refractivity contribution in [2.24, 2.45) is 4.99 Å². The number of rotatable bonds is 7. The van der Waals surface area contributed by atoms with Crippen molar-refractivity contribution in [1.82, 2.24) is 14.0 Å². The molecule has 0 bridgehead atoms. The number of nitrogens with zero attached hydrogens (tertiary/aromatic N) is 4. The third-order valence-corrected chi connectivity index (χ3v) is 8.85. The highest BCUT2D eigenvalue weighted by Crippen LogP contribution is 2.32. The van der Waals surface area contributed by atoms with Crippen LogP contribution in [0.1, 0.15) is 59.7 Å². The molecule has 0 radical (unpaired) electrons. The average Bonchev–Trinajstić information content (AvgIpc) is 3.42. The van der Waals surface area contributed by atoms with Crippen molar-refractivity contribution in [3.63, 3.8) is 0 Å². The molecule has 216 valence electrons. The lowest BCUT2D eigenvalue weighted by Gasteiger charge is -2.29. The molecule has 0 spiro atoms. The summed E-state index contributed by atoms with van der Waals surface area (Å²) in [5, 5.41) is 9.82. The second-order valence-corrected chi connectivity index (χ2v) is 11.6. The van der Waals surface area contributed by atoms with E-state index in [0.29, 0.717) is 38.7 Å². The number of aromatic carboxylic acids is 1. The molecule has 2 aromatic heterocycles. The van der Waals surface area contributed by atoms with Crippen LogP contribution in [0.4, 0.5) is 0 Å². The number of hydrogen-bond donors (Lipinski definition) is 1. The number of carbonyl (C=O) groups is 2. The zero-order chi connectivity index (χ0) is 30.3. The molecule has 1 aliphatic heterocycles. The lowest BCUT2D eigenvalue weighted by molar-refractivity contribution is -0.127. The lowest BCUT2D eigenvalue weighted by Crippen LogP contribution is -2.43. The number of allylic oxidation sites excluding steroid dienone is 1. The van der Waals surface area contributed by atoms with Crippen LogP contribution in [0.3, 0.4) is 0 Å². The quantitative estimate of drug-likeness (QED) is 0.327. The van der Waals surface area contributed by atoms with Gasteiger partial charge in [0.1, 0.15) is 0 Å². The summed E-state index contributed by atoms with van der Waals surface area (Å²) in [6.07, 6.45) is 1.86. The van der Waals surface area contributed by atoms with Crippen LogP contribution in [0.25, 0.3) is 11.8 Å². The molecule has 0 saturated heterocycles. The Morgan fingerprint density at radius 3 is 2.29 bits per heavy atom. The molecule has 1 amide bonds. The van der Waals surface area contributed by atoms with E-state index in [-0.39, 0.29) is 17.0 Å². The van der Waals surface area contributed by atoms with Crippen molar-refractivity contribution in [2.45, 2.75) is 40.7 Å². The van der Waals surface area contributed by atoms with Crippen LogP contribution in [0.5, 0.6) is 0 Å². The molecule has 5 rings (SSSR count). The smallest absolute Gasteiger partial charge is 0.335 e. The number of aryl methyl sites for hydroxylation is 1. The summed E-state index contributed by atoms with van der Waals surface area (Å²) in [6, 6.07) is 15.3. The summed E-state index contributed by atoms with van der Waals surface area (Å²) in [7, 11) is 0. The van der Waals surface area contributed by atoms with Crippen molar-refractivity contribution in [3.8, 4) is 5.69 Å². The molecule has 1 atom stereocenters. The van der Waals surface area contributed by atoms with E-state index in [1.54, 1.807) is 45.9 Å². The monoisotopic (exact) mass is 602 g/mol. The van der Waals surface area contributed by atoms with Crippen LogP contribution < -0.4 is 14.9 Å². The molecule has 2 aromatic carbocycles. The van der Waals surface area contributed by atoms with E-state index in [1.807, 2.05) is 63.5 Å². The maximum atomic E-state index is 14.1. The van der Waals surface area contributed by atoms with Gasteiger partial charge in [-0.2, -0.15) is 0 Å². The van der Waals surface area contributed by atoms with Gasteiger partial charge >= 0.3 is 5.97 Å². The average molecular weight is 603 g/mol. The molecule has 0 saturated carbocycles. The Morgan fingerprint density at radius 2 is 1.69 bits per heavy atom. The number of carboxylic acids is 1. The molecule has 0 fully saturated rings. The van der Waals surface area contributed by atoms with Gasteiger partial charge in [0, 0.05) is 35.2 Å². The van der Waals surface area contributed by atoms with E-state index in [4.69, 9.17) is 16.6 Å². The Labute approximate surface area is 252 Å². The maximum absolute atomic E-state index is 14.1. The molecule has 0 unspecified atom stereocenters. The number of amides is 1. The summed E-state index contributed by atoms with van der Waals surface area (Å²) >= 11 is 7.48. The van der Waals surface area contributed by atoms with E-state index < -0.39 is 12.0 Å². The molecule has 8 nitrogen and oxygen atoms in total. The Balaban J connectivity index is 1.66. The summed E-state index contributed by atoms with van der Waals surface area (Å²) in [5.41, 5.74) is 5.36. The van der Waals surface area contributed by atoms with Crippen molar-refractivity contribution in [3.05, 3.63) is 119 Å². The zero-order valence-corrected chi connectivity index (χ0v) is 25.6. The van der Waals surface area contributed by atoms with Gasteiger partial charge in [0.05, 0.1) is 27.4 Å². The fourth-order valence-electron chi connectivity index (χ4n) is 5.46. The number of benzene rings is 2. The Bertz CT molecular complexity index is 1910. The number of carbonyl (C=O) groups excluding carboxylic acids is 1. The molecule has 4 aromatic rings. The van der Waals surface area contributed by atoms with E-state index >= 15 is 0 Å². The highest BCUT2D eigenvalue weighted by Gasteiger charge is 2.34. The maximum Gasteiger partial charge on any atom is 0.335 e. The van der Waals surface area contributed by atoms with Crippen LogP contribution in [-0.4, -0.2) is 44.1 Å². The topological polar surface area (TPSA) is 96.9 Å². The molecule has 1 aliphatic rings. The van der Waals surface area contributed by atoms with Crippen molar-refractivity contribution < 1.29 is 14.7 Å². The number of halogens is 1. The zero-order valence-electron chi connectivity index (χ0n) is 24.0. The molecule has 0 aliphatic carbocycles. The van der Waals surface area contributed by atoms with Crippen LogP contribution in [0, 0.1) is 13.8 Å². The normalized spacial score (nSPS) is 15.0. The number of fused-ring (bicyclic) bond motifs is 1. The van der Waals surface area contributed by atoms with Crippen LogP contribution in [-0.2, 0) is 4.79 Å². The van der Waals surface area contributed by atoms with Gasteiger partial charge in [0.15, 0.2) is 4.80 Å². The number of thiazole rings is 1. The molecule has 10 heteroatoms. The SMILES string of the molecule is CCN(CC)C(=O)C1=C(C)N=c2s/c(=C/c3cc(C)n(-c4ccc(C(=O)O)cc4)c3C)c(=O)n2[C@H]1c1ccc(Cl)cc1. The van der Waals surface area contributed by atoms with Gasteiger partial charge in [-0.05, 0) is 94.3 Å². The molecular formula is C32H31ClN4O4S. The molecule has 1 N–H and O–H groups in total. The minimum Gasteiger partial charge on any atom is -0.478 e. The summed E-state index contributed by atoms with van der Waals surface area (Å²) in [4.78, 5) is 46.1. The fourth-order valence-corrected chi connectivity index (χ4v) is 6.63. The molecule has 42 heavy (non-hydrogen) atoms. The van der Waals surface area contributed by atoms with Crippen LogP contribution in [0.15, 0.2) is 75.7 Å². The number of hydrogen-bond acceptors (Lipinski definition) is 5. The first-order valence-corrected chi connectivity index (χ1v) is 14.8. The van der Waals surface area contributed by atoms with Crippen molar-refractivity contribution in [1.29, 1.82) is 0 Å². The minimum absolute atomic E-state index is 0.145. The summed E-state index contributed by atoms with van der Waals surface area (Å²) < 4.78 is 4.14. The van der Waals surface area contributed by atoms with Gasteiger partial charge in [-0.25, -0.2) is 9.79 Å². The highest BCUT2D eigenvalue weighted by molar-refractivity contribution is 7.07. The van der Waals surface area contributed by atoms with E-state index in [2.05, 4.69) is 0 Å². The van der Waals surface area contributed by atoms with Gasteiger partial charge in [0.2, 0.25) is 0 Å². The number of likely N-dealkylation sites (N-methyl/N-ethyl adjacent to an activating group) is 1. The van der Waals surface area contributed by atoms with Gasteiger partial charge in [-0.15, -0.1) is 0 Å². The fraction of sp³-hybridized carbons (Fsp3) is 0.250. The highest BCUT2D eigenvalue weighted by atomic mass is 35.5. The molecular weight excluding hydrogens is 572 g/mol. The van der Waals surface area contributed by atoms with Crippen LogP contribution in [0.2, 0.25) is 5.02 Å². The molecule has 3 heterocycles. The second-order valence-electron chi connectivity index (χ2n) is 10.1. The third kappa shape index (κ3) is 5.14. The number of carboxylic acid groups (broad SMARTS) is 1. The minimum atomic E-state index is -0.979. The summed E-state index contributed by atoms with van der Waals surface area (Å²) in [5.74, 6) is -1.12. The first kappa shape index (κ1) is 29.3. The Hall–Kier alpha value is -4.21. The first-order chi connectivity index (χ1) is 20.0. The predicted molar refractivity (Wildman–Crippen MR) is 165 cm³/mol. The summed E-state index contributed by atoms with van der Waals surface area (Å²) in [6.45, 7) is 10.7. The van der Waals surface area contributed by atoms with E-state index in [1.165, 1.54) is 11.3 Å². The number of aromatic nitrogens is 2. The Morgan fingerprint density at radius 1 is 1.05 bits per heavy atom. The standard InChI is InChI=1S/C32H31ClN4O4S/c1-6-35(7-2)30(39)27-19(4)34-32-37(28(27)21-8-12-24(33)13-9-21)29(38)26(42-32)17-23-16-18(3)36(20(23)5)25-14-10-22(11-15-25)31(40)41/h8-17,28H,6-7H2,1-5H3,(H,40,41)/b26-17+/t28-/m0/s1. The third-order valence-electron chi connectivity index (χ3n) is 7.62. The largest absolute Gasteiger partial charge is 0.478 e. The van der Waals surface area contributed by atoms with Gasteiger partial charge < -0.3 is 14.6 Å². The van der Waals surface area contributed by atoms with Gasteiger partial charge in [-0.1, -0.05) is 35.1 Å². The second kappa shape index (κ2) is 11.6. The Kier molecular flexibility index (Phi) is 8.08. The van der Waals surface area contributed by atoms with Crippen molar-refractivity contribution >= 4 is 40.9 Å². The van der Waals surface area contributed by atoms with Crippen molar-refractivity contribution in [2.75, 3.05) is 13.1 Å². The predicted octanol–water partition coefficient (Wildman–Crippen LogP) is 4.86. The van der Waals surface area contributed by atoms with Crippen LogP contribution >= 0.6 is 22.9 Å². The van der Waals surface area contributed by atoms with Gasteiger partial charge in [-0.3, -0.25) is 14.2 Å². The lowest BCUT2D eigenvalue weighted by atomic mass is 9.94.